The number of nitrogens with zero attached hydrogens (tertiary/aromatic N) is 3. The molecule has 108 valence electrons. The van der Waals surface area contributed by atoms with E-state index in [1.54, 1.807) is 0 Å². The molecule has 4 heteroatoms. The maximum absolute atomic E-state index is 4.31. The summed E-state index contributed by atoms with van der Waals surface area (Å²) in [4.78, 5) is 6.86. The zero-order valence-electron chi connectivity index (χ0n) is 12.7. The van der Waals surface area contributed by atoms with Gasteiger partial charge in [0.2, 0.25) is 0 Å². The van der Waals surface area contributed by atoms with E-state index in [0.717, 1.165) is 26.1 Å². The number of aryl methyl sites for hydroxylation is 1. The third-order valence-electron chi connectivity index (χ3n) is 3.59. The molecule has 0 radical (unpaired) electrons. The number of hydrogen-bond acceptors (Lipinski definition) is 3. The van der Waals surface area contributed by atoms with Crippen molar-refractivity contribution in [2.45, 2.75) is 40.2 Å². The number of hydrogen-bond donors (Lipinski definition) is 1. The second-order valence-corrected chi connectivity index (χ2v) is 6.76. The number of nitrogens with one attached hydrogen (secondary N) is 1. The summed E-state index contributed by atoms with van der Waals surface area (Å²) in [5.41, 5.74) is 1.70. The topological polar surface area (TPSA) is 33.1 Å². The van der Waals surface area contributed by atoms with Gasteiger partial charge < -0.3 is 14.8 Å². The Bertz CT molecular complexity index is 372. The van der Waals surface area contributed by atoms with Gasteiger partial charge in [0.25, 0.3) is 0 Å². The van der Waals surface area contributed by atoms with E-state index in [9.17, 15) is 0 Å². The highest BCUT2D eigenvalue weighted by molar-refractivity contribution is 5.01. The molecule has 0 unspecified atom stereocenters. The number of rotatable bonds is 5. The molecule has 0 aromatic carbocycles. The van der Waals surface area contributed by atoms with E-state index in [1.807, 2.05) is 12.5 Å². The average molecular weight is 264 g/mol. The molecule has 0 bridgehead atoms. The van der Waals surface area contributed by atoms with Crippen LogP contribution in [-0.2, 0) is 13.0 Å². The molecule has 1 N–H and O–H groups in total. The largest absolute Gasteiger partial charge is 0.335 e. The molecule has 1 fully saturated rings. The molecule has 0 spiro atoms. The molecular formula is C15H28N4. The van der Waals surface area contributed by atoms with Crippen LogP contribution >= 0.6 is 0 Å². The van der Waals surface area contributed by atoms with E-state index >= 15 is 0 Å². The first-order valence-corrected chi connectivity index (χ1v) is 7.47. The Hall–Kier alpha value is -0.870. The van der Waals surface area contributed by atoms with Crippen molar-refractivity contribution in [1.29, 1.82) is 0 Å². The molecule has 1 saturated heterocycles. The van der Waals surface area contributed by atoms with E-state index < -0.39 is 0 Å². The monoisotopic (exact) mass is 264 g/mol. The van der Waals surface area contributed by atoms with Crippen molar-refractivity contribution in [3.8, 4) is 0 Å². The van der Waals surface area contributed by atoms with Crippen LogP contribution in [0.3, 0.4) is 0 Å². The van der Waals surface area contributed by atoms with E-state index in [0.29, 0.717) is 5.41 Å². The first-order chi connectivity index (χ1) is 9.04. The lowest BCUT2D eigenvalue weighted by molar-refractivity contribution is 0.234. The second-order valence-electron chi connectivity index (χ2n) is 6.76. The molecule has 4 nitrogen and oxygen atoms in total. The van der Waals surface area contributed by atoms with Crippen LogP contribution in [0.4, 0.5) is 0 Å². The molecule has 0 amide bonds. The van der Waals surface area contributed by atoms with E-state index in [1.165, 1.54) is 31.7 Å². The Morgan fingerprint density at radius 1 is 1.21 bits per heavy atom. The summed E-state index contributed by atoms with van der Waals surface area (Å²) in [6, 6.07) is 0. The molecule has 0 saturated carbocycles. The first kappa shape index (κ1) is 14.5. The van der Waals surface area contributed by atoms with Crippen LogP contribution in [-0.4, -0.2) is 47.2 Å². The van der Waals surface area contributed by atoms with Gasteiger partial charge in [0.05, 0.1) is 6.33 Å². The fourth-order valence-corrected chi connectivity index (χ4v) is 2.64. The predicted octanol–water partition coefficient (Wildman–Crippen LogP) is 1.77. The van der Waals surface area contributed by atoms with Crippen molar-refractivity contribution < 1.29 is 0 Å². The second kappa shape index (κ2) is 6.53. The summed E-state index contributed by atoms with van der Waals surface area (Å²) in [5, 5.41) is 3.40. The summed E-state index contributed by atoms with van der Waals surface area (Å²) >= 11 is 0. The molecule has 1 aromatic rings. The molecule has 1 aliphatic rings. The molecule has 2 rings (SSSR count). The Balaban J connectivity index is 1.77. The number of aromatic nitrogens is 2. The van der Waals surface area contributed by atoms with Gasteiger partial charge in [0, 0.05) is 44.6 Å². The maximum atomic E-state index is 4.31. The van der Waals surface area contributed by atoms with Gasteiger partial charge in [-0.3, -0.25) is 0 Å². The normalized spacial score (nSPS) is 17.8. The lowest BCUT2D eigenvalue weighted by atomic mass is 9.91. The smallest absolute Gasteiger partial charge is 0.0948 e. The molecule has 1 aromatic heterocycles. The van der Waals surface area contributed by atoms with Crippen molar-refractivity contribution in [1.82, 2.24) is 19.8 Å². The van der Waals surface area contributed by atoms with Crippen molar-refractivity contribution in [3.63, 3.8) is 0 Å². The van der Waals surface area contributed by atoms with Crippen LogP contribution in [0.2, 0.25) is 0 Å². The zero-order valence-corrected chi connectivity index (χ0v) is 12.7. The fraction of sp³-hybridized carbons (Fsp3) is 0.800. The zero-order chi connectivity index (χ0) is 13.7. The SMILES string of the molecule is CC(C)(C)Cc1cncn1CCCN1CCNCC1. The summed E-state index contributed by atoms with van der Waals surface area (Å²) in [7, 11) is 0. The van der Waals surface area contributed by atoms with Gasteiger partial charge in [-0.15, -0.1) is 0 Å². The van der Waals surface area contributed by atoms with Crippen molar-refractivity contribution >= 4 is 0 Å². The highest BCUT2D eigenvalue weighted by Crippen LogP contribution is 2.20. The highest BCUT2D eigenvalue weighted by atomic mass is 15.2. The summed E-state index contributed by atoms with van der Waals surface area (Å²) < 4.78 is 2.33. The molecule has 0 aliphatic carbocycles. The van der Waals surface area contributed by atoms with Crippen LogP contribution in [0.5, 0.6) is 0 Å². The van der Waals surface area contributed by atoms with Gasteiger partial charge in [0.15, 0.2) is 0 Å². The third kappa shape index (κ3) is 4.96. The average Bonchev–Trinajstić information content (AvgIpc) is 2.76. The predicted molar refractivity (Wildman–Crippen MR) is 79.3 cm³/mol. The minimum Gasteiger partial charge on any atom is -0.335 e. The Morgan fingerprint density at radius 3 is 2.63 bits per heavy atom. The molecule has 19 heavy (non-hydrogen) atoms. The molecule has 2 heterocycles. The van der Waals surface area contributed by atoms with Crippen LogP contribution in [0.1, 0.15) is 32.9 Å². The highest BCUT2D eigenvalue weighted by Gasteiger charge is 2.14. The van der Waals surface area contributed by atoms with Gasteiger partial charge in [-0.25, -0.2) is 4.98 Å². The van der Waals surface area contributed by atoms with E-state index in [4.69, 9.17) is 0 Å². The third-order valence-corrected chi connectivity index (χ3v) is 3.59. The van der Waals surface area contributed by atoms with Crippen molar-refractivity contribution in [2.75, 3.05) is 32.7 Å². The minimum atomic E-state index is 0.330. The van der Waals surface area contributed by atoms with Gasteiger partial charge in [-0.05, 0) is 24.8 Å². The Morgan fingerprint density at radius 2 is 1.95 bits per heavy atom. The van der Waals surface area contributed by atoms with Gasteiger partial charge in [0.1, 0.15) is 0 Å². The lowest BCUT2D eigenvalue weighted by Crippen LogP contribution is -2.43. The summed E-state index contributed by atoms with van der Waals surface area (Å²) in [6.45, 7) is 13.8. The van der Waals surface area contributed by atoms with Crippen LogP contribution < -0.4 is 5.32 Å². The fourth-order valence-electron chi connectivity index (χ4n) is 2.64. The molecular weight excluding hydrogens is 236 g/mol. The van der Waals surface area contributed by atoms with Crippen LogP contribution in [0.15, 0.2) is 12.5 Å². The van der Waals surface area contributed by atoms with Crippen LogP contribution in [0, 0.1) is 5.41 Å². The minimum absolute atomic E-state index is 0.330. The van der Waals surface area contributed by atoms with Crippen molar-refractivity contribution in [3.05, 3.63) is 18.2 Å². The number of imidazole rings is 1. The van der Waals surface area contributed by atoms with E-state index in [-0.39, 0.29) is 0 Å². The summed E-state index contributed by atoms with van der Waals surface area (Å²) in [5.74, 6) is 0. The Labute approximate surface area is 117 Å². The van der Waals surface area contributed by atoms with Gasteiger partial charge >= 0.3 is 0 Å². The number of piperazine rings is 1. The standard InChI is InChI=1S/C15H28N4/c1-15(2,3)11-14-12-17-13-19(14)8-4-7-18-9-5-16-6-10-18/h12-13,16H,4-11H2,1-3H3. The van der Waals surface area contributed by atoms with Gasteiger partial charge in [-0.2, -0.15) is 0 Å². The Kier molecular flexibility index (Phi) is 4.99. The lowest BCUT2D eigenvalue weighted by Gasteiger charge is -2.27. The van der Waals surface area contributed by atoms with Gasteiger partial charge in [-0.1, -0.05) is 20.8 Å². The molecule has 1 aliphatic heterocycles. The van der Waals surface area contributed by atoms with E-state index in [2.05, 4.69) is 40.5 Å². The quantitative estimate of drug-likeness (QED) is 0.880. The molecule has 0 atom stereocenters. The first-order valence-electron chi connectivity index (χ1n) is 7.47. The van der Waals surface area contributed by atoms with Crippen molar-refractivity contribution in [2.24, 2.45) is 5.41 Å². The van der Waals surface area contributed by atoms with Crippen LogP contribution in [0.25, 0.3) is 0 Å². The summed E-state index contributed by atoms with van der Waals surface area (Å²) in [6.07, 6.45) is 6.32. The maximum Gasteiger partial charge on any atom is 0.0948 e.